The average Bonchev–Trinajstić information content (AvgIpc) is 2.79. The Morgan fingerprint density at radius 1 is 1.38 bits per heavy atom. The molecule has 0 saturated carbocycles. The van der Waals surface area contributed by atoms with E-state index in [1.54, 1.807) is 0 Å². The van der Waals surface area contributed by atoms with E-state index in [2.05, 4.69) is 17.4 Å². The maximum Gasteiger partial charge on any atom is 0.109 e. The van der Waals surface area contributed by atoms with E-state index >= 15 is 0 Å². The predicted molar refractivity (Wildman–Crippen MR) is 64.9 cm³/mol. The molecule has 1 heterocycles. The van der Waals surface area contributed by atoms with Gasteiger partial charge in [0.25, 0.3) is 0 Å². The average molecular weight is 220 g/mol. The Balaban J connectivity index is 2.05. The fourth-order valence-corrected chi connectivity index (χ4v) is 2.09. The van der Waals surface area contributed by atoms with Crippen molar-refractivity contribution in [3.63, 3.8) is 0 Å². The summed E-state index contributed by atoms with van der Waals surface area (Å²) in [7, 11) is 0. The molecule has 1 aliphatic rings. The van der Waals surface area contributed by atoms with Gasteiger partial charge in [-0.05, 0) is 31.9 Å². The zero-order valence-corrected chi connectivity index (χ0v) is 9.73. The summed E-state index contributed by atoms with van der Waals surface area (Å²) in [4.78, 5) is 0. The van der Waals surface area contributed by atoms with Gasteiger partial charge >= 0.3 is 0 Å². The van der Waals surface area contributed by atoms with Crippen molar-refractivity contribution in [2.45, 2.75) is 38.1 Å². The van der Waals surface area contributed by atoms with Crippen LogP contribution < -0.4 is 11.1 Å². The zero-order valence-electron chi connectivity index (χ0n) is 9.73. The molecule has 2 rings (SSSR count). The SMILES string of the molecule is CC(N)C(O[C@H]1CCCN1)c1ccccc1. The Morgan fingerprint density at radius 3 is 2.69 bits per heavy atom. The molecular formula is C13H20N2O. The third-order valence-electron chi connectivity index (χ3n) is 2.93. The maximum absolute atomic E-state index is 6.02. The van der Waals surface area contributed by atoms with E-state index in [4.69, 9.17) is 10.5 Å². The van der Waals surface area contributed by atoms with Crippen molar-refractivity contribution in [3.05, 3.63) is 35.9 Å². The Kier molecular flexibility index (Phi) is 3.93. The van der Waals surface area contributed by atoms with Crippen molar-refractivity contribution in [3.8, 4) is 0 Å². The van der Waals surface area contributed by atoms with Crippen molar-refractivity contribution in [2.75, 3.05) is 6.54 Å². The maximum atomic E-state index is 6.02. The summed E-state index contributed by atoms with van der Waals surface area (Å²) in [5.74, 6) is 0. The molecule has 0 bridgehead atoms. The number of nitrogens with one attached hydrogen (secondary N) is 1. The molecule has 1 aliphatic heterocycles. The second-order valence-electron chi connectivity index (χ2n) is 4.41. The van der Waals surface area contributed by atoms with Gasteiger partial charge in [-0.1, -0.05) is 30.3 Å². The molecular weight excluding hydrogens is 200 g/mol. The number of nitrogens with two attached hydrogens (primary N) is 1. The van der Waals surface area contributed by atoms with Crippen LogP contribution in [0.25, 0.3) is 0 Å². The van der Waals surface area contributed by atoms with Gasteiger partial charge in [-0.15, -0.1) is 0 Å². The summed E-state index contributed by atoms with van der Waals surface area (Å²) in [6.07, 6.45) is 2.41. The van der Waals surface area contributed by atoms with Crippen LogP contribution in [0, 0.1) is 0 Å². The molecule has 0 amide bonds. The lowest BCUT2D eigenvalue weighted by Gasteiger charge is -2.25. The second kappa shape index (κ2) is 5.43. The van der Waals surface area contributed by atoms with Gasteiger partial charge in [-0.3, -0.25) is 5.32 Å². The van der Waals surface area contributed by atoms with Crippen LogP contribution in [-0.2, 0) is 4.74 Å². The normalized spacial score (nSPS) is 24.2. The highest BCUT2D eigenvalue weighted by Crippen LogP contribution is 2.23. The molecule has 3 heteroatoms. The number of rotatable bonds is 4. The van der Waals surface area contributed by atoms with E-state index < -0.39 is 0 Å². The number of hydrogen-bond donors (Lipinski definition) is 2. The van der Waals surface area contributed by atoms with Gasteiger partial charge in [0.2, 0.25) is 0 Å². The van der Waals surface area contributed by atoms with Crippen LogP contribution in [0.2, 0.25) is 0 Å². The molecule has 3 N–H and O–H groups in total. The fourth-order valence-electron chi connectivity index (χ4n) is 2.09. The summed E-state index contributed by atoms with van der Waals surface area (Å²) in [5, 5.41) is 3.33. The third kappa shape index (κ3) is 2.82. The van der Waals surface area contributed by atoms with E-state index in [0.717, 1.165) is 18.5 Å². The summed E-state index contributed by atoms with van der Waals surface area (Å²) in [5.41, 5.74) is 7.15. The summed E-state index contributed by atoms with van der Waals surface area (Å²) >= 11 is 0. The van der Waals surface area contributed by atoms with Gasteiger partial charge in [-0.25, -0.2) is 0 Å². The second-order valence-corrected chi connectivity index (χ2v) is 4.41. The predicted octanol–water partition coefficient (Wildman–Crippen LogP) is 1.80. The molecule has 1 aromatic rings. The van der Waals surface area contributed by atoms with Gasteiger partial charge < -0.3 is 10.5 Å². The lowest BCUT2D eigenvalue weighted by molar-refractivity contribution is -0.0313. The standard InChI is InChI=1S/C13H20N2O/c1-10(14)13(11-6-3-2-4-7-11)16-12-8-5-9-15-12/h2-4,6-7,10,12-13,15H,5,8-9,14H2,1H3/t10?,12-,13?/m0/s1. The Morgan fingerprint density at radius 2 is 2.12 bits per heavy atom. The van der Waals surface area contributed by atoms with Gasteiger partial charge in [0.15, 0.2) is 0 Å². The van der Waals surface area contributed by atoms with Crippen LogP contribution in [0.4, 0.5) is 0 Å². The minimum Gasteiger partial charge on any atom is -0.354 e. The molecule has 3 atom stereocenters. The highest BCUT2D eigenvalue weighted by atomic mass is 16.5. The van der Waals surface area contributed by atoms with E-state index in [9.17, 15) is 0 Å². The molecule has 88 valence electrons. The fraction of sp³-hybridized carbons (Fsp3) is 0.538. The summed E-state index contributed by atoms with van der Waals surface area (Å²) < 4.78 is 6.02. The summed E-state index contributed by atoms with van der Waals surface area (Å²) in [6, 6.07) is 10.2. The van der Waals surface area contributed by atoms with Crippen molar-refractivity contribution in [2.24, 2.45) is 5.73 Å². The minimum absolute atomic E-state index is 0.00444. The van der Waals surface area contributed by atoms with Gasteiger partial charge in [0.05, 0.1) is 6.10 Å². The van der Waals surface area contributed by atoms with Crippen molar-refractivity contribution < 1.29 is 4.74 Å². The lowest BCUT2D eigenvalue weighted by atomic mass is 10.0. The first kappa shape index (κ1) is 11.6. The topological polar surface area (TPSA) is 47.3 Å². The molecule has 3 nitrogen and oxygen atoms in total. The quantitative estimate of drug-likeness (QED) is 0.813. The first-order valence-electron chi connectivity index (χ1n) is 5.97. The molecule has 0 radical (unpaired) electrons. The van der Waals surface area contributed by atoms with E-state index in [1.807, 2.05) is 25.1 Å². The van der Waals surface area contributed by atoms with E-state index in [-0.39, 0.29) is 18.4 Å². The Labute approximate surface area is 97.0 Å². The molecule has 1 aromatic carbocycles. The smallest absolute Gasteiger partial charge is 0.109 e. The van der Waals surface area contributed by atoms with E-state index in [1.165, 1.54) is 6.42 Å². The van der Waals surface area contributed by atoms with Crippen molar-refractivity contribution >= 4 is 0 Å². The van der Waals surface area contributed by atoms with Crippen LogP contribution in [0.5, 0.6) is 0 Å². The van der Waals surface area contributed by atoms with Gasteiger partial charge in [-0.2, -0.15) is 0 Å². The van der Waals surface area contributed by atoms with Crippen molar-refractivity contribution in [1.82, 2.24) is 5.32 Å². The van der Waals surface area contributed by atoms with Crippen LogP contribution in [0.3, 0.4) is 0 Å². The first-order chi connectivity index (χ1) is 7.77. The van der Waals surface area contributed by atoms with Crippen LogP contribution in [0.1, 0.15) is 31.4 Å². The third-order valence-corrected chi connectivity index (χ3v) is 2.93. The molecule has 16 heavy (non-hydrogen) atoms. The molecule has 1 saturated heterocycles. The highest BCUT2D eigenvalue weighted by Gasteiger charge is 2.23. The molecule has 0 aromatic heterocycles. The monoisotopic (exact) mass is 220 g/mol. The summed E-state index contributed by atoms with van der Waals surface area (Å²) in [6.45, 7) is 3.04. The largest absolute Gasteiger partial charge is 0.354 e. The zero-order chi connectivity index (χ0) is 11.4. The number of hydrogen-bond acceptors (Lipinski definition) is 3. The van der Waals surface area contributed by atoms with Gasteiger partial charge in [0, 0.05) is 6.04 Å². The molecule has 0 spiro atoms. The molecule has 0 aliphatic carbocycles. The molecule has 1 fully saturated rings. The van der Waals surface area contributed by atoms with Crippen LogP contribution in [0.15, 0.2) is 30.3 Å². The Hall–Kier alpha value is -0.900. The highest BCUT2D eigenvalue weighted by molar-refractivity contribution is 5.18. The lowest BCUT2D eigenvalue weighted by Crippen LogP contribution is -2.34. The first-order valence-corrected chi connectivity index (χ1v) is 5.97. The number of benzene rings is 1. The Bertz CT molecular complexity index is 307. The molecule has 2 unspecified atom stereocenters. The van der Waals surface area contributed by atoms with Crippen LogP contribution in [-0.4, -0.2) is 18.8 Å². The number of ether oxygens (including phenoxy) is 1. The van der Waals surface area contributed by atoms with Crippen LogP contribution >= 0.6 is 0 Å². The van der Waals surface area contributed by atoms with Gasteiger partial charge in [0.1, 0.15) is 6.23 Å². The van der Waals surface area contributed by atoms with E-state index in [0.29, 0.717) is 0 Å². The van der Waals surface area contributed by atoms with Crippen molar-refractivity contribution in [1.29, 1.82) is 0 Å². The minimum atomic E-state index is -0.0169.